The van der Waals surface area contributed by atoms with Crippen LogP contribution in [0.2, 0.25) is 0 Å². The van der Waals surface area contributed by atoms with E-state index >= 15 is 0 Å². The molecule has 0 aliphatic rings. The van der Waals surface area contributed by atoms with Crippen molar-refractivity contribution in [2.75, 3.05) is 38.0 Å². The number of nitrogens with zero attached hydrogens (tertiary/aromatic N) is 1. The number of nitrogens with one attached hydrogen (secondary N) is 2. The molecular formula is C19H21F2N3O3. The lowest BCUT2D eigenvalue weighted by molar-refractivity contribution is -0.116. The molecule has 2 aromatic carbocycles. The number of carbonyl (C=O) groups is 2. The van der Waals surface area contributed by atoms with Gasteiger partial charge in [0.1, 0.15) is 11.4 Å². The number of hydrogen-bond donors (Lipinski definition) is 2. The first kappa shape index (κ1) is 20.2. The second kappa shape index (κ2) is 8.98. The van der Waals surface area contributed by atoms with Crippen LogP contribution in [0.3, 0.4) is 0 Å². The molecular weight excluding hydrogens is 356 g/mol. The molecule has 0 aromatic heterocycles. The van der Waals surface area contributed by atoms with E-state index in [4.69, 9.17) is 4.74 Å². The molecule has 144 valence electrons. The Hall–Kier alpha value is -3.16. The summed E-state index contributed by atoms with van der Waals surface area (Å²) in [5, 5.41) is 5.01. The van der Waals surface area contributed by atoms with Gasteiger partial charge in [-0.25, -0.2) is 8.78 Å². The second-order valence-corrected chi connectivity index (χ2v) is 5.94. The van der Waals surface area contributed by atoms with Gasteiger partial charge >= 0.3 is 0 Å². The van der Waals surface area contributed by atoms with E-state index in [2.05, 4.69) is 10.6 Å². The van der Waals surface area contributed by atoms with Gasteiger partial charge in [0.25, 0.3) is 5.91 Å². The third-order valence-electron chi connectivity index (χ3n) is 3.74. The van der Waals surface area contributed by atoms with E-state index in [-0.39, 0.29) is 30.2 Å². The van der Waals surface area contributed by atoms with Crippen LogP contribution in [0.4, 0.5) is 20.2 Å². The van der Waals surface area contributed by atoms with Crippen molar-refractivity contribution >= 4 is 23.2 Å². The third kappa shape index (κ3) is 5.16. The summed E-state index contributed by atoms with van der Waals surface area (Å²) in [4.78, 5) is 25.4. The van der Waals surface area contributed by atoms with Crippen molar-refractivity contribution in [1.82, 2.24) is 5.32 Å². The van der Waals surface area contributed by atoms with Gasteiger partial charge in [-0.3, -0.25) is 9.59 Å². The molecule has 27 heavy (non-hydrogen) atoms. The maximum absolute atomic E-state index is 13.9. The number of carbonyl (C=O) groups excluding carboxylic acids is 2. The zero-order chi connectivity index (χ0) is 20.0. The molecule has 2 aromatic rings. The molecule has 0 unspecified atom stereocenters. The Morgan fingerprint density at radius 2 is 1.74 bits per heavy atom. The molecule has 0 spiro atoms. The largest absolute Gasteiger partial charge is 0.496 e. The predicted octanol–water partition coefficient (Wildman–Crippen LogP) is 2.80. The van der Waals surface area contributed by atoms with E-state index in [1.807, 2.05) is 0 Å². The summed E-state index contributed by atoms with van der Waals surface area (Å²) in [5.41, 5.74) is 0.178. The predicted molar refractivity (Wildman–Crippen MR) is 99.3 cm³/mol. The SMILES string of the molecule is COc1ccccc1C(=O)NCCC(=O)Nc1cc(F)c(N(C)C)c(F)c1. The van der Waals surface area contributed by atoms with Crippen LogP contribution in [0, 0.1) is 11.6 Å². The van der Waals surface area contributed by atoms with Crippen LogP contribution in [0.1, 0.15) is 16.8 Å². The minimum absolute atomic E-state index is 0.0108. The number of anilines is 2. The Morgan fingerprint density at radius 1 is 1.11 bits per heavy atom. The molecule has 0 saturated heterocycles. The van der Waals surface area contributed by atoms with Crippen LogP contribution in [0.25, 0.3) is 0 Å². The zero-order valence-corrected chi connectivity index (χ0v) is 15.3. The molecule has 0 bridgehead atoms. The number of benzene rings is 2. The van der Waals surface area contributed by atoms with Crippen molar-refractivity contribution in [3.8, 4) is 5.75 Å². The Morgan fingerprint density at radius 3 is 2.33 bits per heavy atom. The summed E-state index contributed by atoms with van der Waals surface area (Å²) in [7, 11) is 4.49. The van der Waals surface area contributed by atoms with Crippen molar-refractivity contribution in [2.24, 2.45) is 0 Å². The molecule has 0 fully saturated rings. The summed E-state index contributed by atoms with van der Waals surface area (Å²) >= 11 is 0. The molecule has 0 atom stereocenters. The monoisotopic (exact) mass is 377 g/mol. The molecule has 0 heterocycles. The van der Waals surface area contributed by atoms with E-state index < -0.39 is 17.5 Å². The number of halogens is 2. The molecule has 2 N–H and O–H groups in total. The van der Waals surface area contributed by atoms with Gasteiger partial charge < -0.3 is 20.3 Å². The van der Waals surface area contributed by atoms with Gasteiger partial charge in [0.05, 0.1) is 12.7 Å². The lowest BCUT2D eigenvalue weighted by Gasteiger charge is -2.16. The smallest absolute Gasteiger partial charge is 0.255 e. The average molecular weight is 377 g/mol. The quantitative estimate of drug-likeness (QED) is 0.779. The minimum atomic E-state index is -0.778. The normalized spacial score (nSPS) is 10.3. The second-order valence-electron chi connectivity index (χ2n) is 5.94. The molecule has 0 aliphatic carbocycles. The Kier molecular flexibility index (Phi) is 6.70. The van der Waals surface area contributed by atoms with E-state index in [0.717, 1.165) is 12.1 Å². The third-order valence-corrected chi connectivity index (χ3v) is 3.74. The highest BCUT2D eigenvalue weighted by Crippen LogP contribution is 2.25. The first-order valence-corrected chi connectivity index (χ1v) is 8.21. The van der Waals surface area contributed by atoms with Gasteiger partial charge in [-0.1, -0.05) is 12.1 Å². The summed E-state index contributed by atoms with van der Waals surface area (Å²) < 4.78 is 33.0. The summed E-state index contributed by atoms with van der Waals surface area (Å²) in [5.74, 6) is -2.00. The lowest BCUT2D eigenvalue weighted by Crippen LogP contribution is -2.28. The summed E-state index contributed by atoms with van der Waals surface area (Å²) in [6.07, 6.45) is -0.0560. The van der Waals surface area contributed by atoms with Gasteiger partial charge in [0, 0.05) is 32.7 Å². The van der Waals surface area contributed by atoms with Crippen LogP contribution >= 0.6 is 0 Å². The molecule has 2 amide bonds. The van der Waals surface area contributed by atoms with Crippen LogP contribution < -0.4 is 20.3 Å². The Labute approximate surface area is 156 Å². The van der Waals surface area contributed by atoms with Crippen molar-refractivity contribution in [3.63, 3.8) is 0 Å². The van der Waals surface area contributed by atoms with Crippen molar-refractivity contribution in [2.45, 2.75) is 6.42 Å². The number of amides is 2. The van der Waals surface area contributed by atoms with E-state index in [9.17, 15) is 18.4 Å². The van der Waals surface area contributed by atoms with Crippen molar-refractivity contribution in [1.29, 1.82) is 0 Å². The Balaban J connectivity index is 1.91. The maximum Gasteiger partial charge on any atom is 0.255 e. The number of methoxy groups -OCH3 is 1. The van der Waals surface area contributed by atoms with Gasteiger partial charge in [-0.05, 0) is 24.3 Å². The average Bonchev–Trinajstić information content (AvgIpc) is 2.60. The van der Waals surface area contributed by atoms with Gasteiger partial charge in [0.2, 0.25) is 5.91 Å². The molecule has 0 aliphatic heterocycles. The topological polar surface area (TPSA) is 70.7 Å². The minimum Gasteiger partial charge on any atom is -0.496 e. The highest BCUT2D eigenvalue weighted by molar-refractivity contribution is 5.97. The highest BCUT2D eigenvalue weighted by atomic mass is 19.1. The maximum atomic E-state index is 13.9. The van der Waals surface area contributed by atoms with Crippen LogP contribution in [-0.4, -0.2) is 39.6 Å². The summed E-state index contributed by atoms with van der Waals surface area (Å²) in [6.45, 7) is 0.0590. The fourth-order valence-corrected chi connectivity index (χ4v) is 2.51. The molecule has 0 radical (unpaired) electrons. The number of rotatable bonds is 7. The Bertz CT molecular complexity index is 818. The standard InChI is InChI=1S/C19H21F2N3O3/c1-24(2)18-14(20)10-12(11-15(18)21)23-17(25)8-9-22-19(26)13-6-4-5-7-16(13)27-3/h4-7,10-11H,8-9H2,1-3H3,(H,22,26)(H,23,25). The lowest BCUT2D eigenvalue weighted by atomic mass is 10.2. The number of ether oxygens (including phenoxy) is 1. The van der Waals surface area contributed by atoms with Crippen LogP contribution in [0.5, 0.6) is 5.75 Å². The van der Waals surface area contributed by atoms with Gasteiger partial charge in [-0.2, -0.15) is 0 Å². The zero-order valence-electron chi connectivity index (χ0n) is 15.3. The van der Waals surface area contributed by atoms with Gasteiger partial charge in [-0.15, -0.1) is 0 Å². The fraction of sp³-hybridized carbons (Fsp3) is 0.263. The van der Waals surface area contributed by atoms with Crippen LogP contribution in [-0.2, 0) is 4.79 Å². The van der Waals surface area contributed by atoms with E-state index in [1.54, 1.807) is 24.3 Å². The van der Waals surface area contributed by atoms with E-state index in [1.165, 1.54) is 26.1 Å². The highest BCUT2D eigenvalue weighted by Gasteiger charge is 2.15. The molecule has 0 saturated carbocycles. The first-order chi connectivity index (χ1) is 12.8. The first-order valence-electron chi connectivity index (χ1n) is 8.21. The molecule has 6 nitrogen and oxygen atoms in total. The fourth-order valence-electron chi connectivity index (χ4n) is 2.51. The van der Waals surface area contributed by atoms with Crippen molar-refractivity contribution in [3.05, 3.63) is 53.6 Å². The molecule has 8 heteroatoms. The number of hydrogen-bond acceptors (Lipinski definition) is 4. The van der Waals surface area contributed by atoms with Crippen LogP contribution in [0.15, 0.2) is 36.4 Å². The summed E-state index contributed by atoms with van der Waals surface area (Å²) in [6, 6.07) is 8.79. The van der Waals surface area contributed by atoms with E-state index in [0.29, 0.717) is 11.3 Å². The van der Waals surface area contributed by atoms with Crippen molar-refractivity contribution < 1.29 is 23.1 Å². The number of para-hydroxylation sites is 1. The van der Waals surface area contributed by atoms with Gasteiger partial charge in [0.15, 0.2) is 11.6 Å². The molecule has 2 rings (SSSR count).